The van der Waals surface area contributed by atoms with Crippen molar-refractivity contribution in [2.75, 3.05) is 0 Å². The molecule has 1 nitrogen and oxygen atoms in total. The summed E-state index contributed by atoms with van der Waals surface area (Å²) in [5.41, 5.74) is 9.29. The minimum atomic E-state index is -0.0222. The zero-order valence-electron chi connectivity index (χ0n) is 9.33. The highest BCUT2D eigenvalue weighted by Crippen LogP contribution is 2.33. The van der Waals surface area contributed by atoms with Crippen molar-refractivity contribution in [3.05, 3.63) is 45.8 Å². The van der Waals surface area contributed by atoms with E-state index in [0.29, 0.717) is 0 Å². The van der Waals surface area contributed by atoms with Gasteiger partial charge in [0.15, 0.2) is 0 Å². The van der Waals surface area contributed by atoms with E-state index in [9.17, 15) is 0 Å². The molecule has 2 aromatic rings. The van der Waals surface area contributed by atoms with Crippen molar-refractivity contribution in [2.24, 2.45) is 5.73 Å². The minimum absolute atomic E-state index is 0.0222. The highest BCUT2D eigenvalue weighted by Gasteiger charge is 2.09. The Morgan fingerprint density at radius 2 is 2.06 bits per heavy atom. The smallest absolute Gasteiger partial charge is 0.0460 e. The molecule has 0 amide bonds. The van der Waals surface area contributed by atoms with Gasteiger partial charge in [-0.1, -0.05) is 23.7 Å². The summed E-state index contributed by atoms with van der Waals surface area (Å²) in [5, 5.41) is 2.85. The number of aryl methyl sites for hydroxylation is 1. The first-order valence-corrected chi connectivity index (χ1v) is 6.45. The van der Waals surface area contributed by atoms with E-state index in [0.717, 1.165) is 10.6 Å². The lowest BCUT2D eigenvalue weighted by Gasteiger charge is -2.09. The molecule has 0 radical (unpaired) electrons. The van der Waals surface area contributed by atoms with Gasteiger partial charge in [-0.15, -0.1) is 11.3 Å². The van der Waals surface area contributed by atoms with E-state index in [1.165, 1.54) is 16.0 Å². The van der Waals surface area contributed by atoms with Gasteiger partial charge in [0.1, 0.15) is 0 Å². The lowest BCUT2D eigenvalue weighted by Crippen LogP contribution is -2.05. The number of thiophene rings is 1. The maximum Gasteiger partial charge on any atom is 0.0460 e. The number of nitrogens with two attached hydrogens (primary N) is 1. The van der Waals surface area contributed by atoms with Crippen molar-refractivity contribution < 1.29 is 0 Å². The Balaban J connectivity index is 2.46. The quantitative estimate of drug-likeness (QED) is 0.841. The van der Waals surface area contributed by atoms with Crippen LogP contribution in [0.25, 0.3) is 10.4 Å². The molecule has 0 aliphatic rings. The molecule has 0 aliphatic carbocycles. The molecule has 3 heteroatoms. The van der Waals surface area contributed by atoms with Crippen LogP contribution in [-0.2, 0) is 0 Å². The van der Waals surface area contributed by atoms with E-state index in [4.69, 9.17) is 17.3 Å². The summed E-state index contributed by atoms with van der Waals surface area (Å²) in [4.78, 5) is 1.28. The van der Waals surface area contributed by atoms with E-state index in [1.54, 1.807) is 11.3 Å². The van der Waals surface area contributed by atoms with Gasteiger partial charge in [-0.2, -0.15) is 0 Å². The molecule has 1 aromatic carbocycles. The summed E-state index contributed by atoms with van der Waals surface area (Å²) >= 11 is 7.95. The monoisotopic (exact) mass is 251 g/mol. The molecule has 0 saturated heterocycles. The predicted molar refractivity (Wildman–Crippen MR) is 72.1 cm³/mol. The predicted octanol–water partition coefficient (Wildman–Crippen LogP) is 4.40. The molecule has 1 aromatic heterocycles. The maximum absolute atomic E-state index is 6.22. The molecular formula is C13H14ClNS. The van der Waals surface area contributed by atoms with E-state index in [-0.39, 0.29) is 6.04 Å². The summed E-state index contributed by atoms with van der Waals surface area (Å²) in [6, 6.07) is 8.20. The summed E-state index contributed by atoms with van der Waals surface area (Å²) in [6.07, 6.45) is 0. The summed E-state index contributed by atoms with van der Waals surface area (Å²) in [5.74, 6) is 0. The number of hydrogen-bond acceptors (Lipinski definition) is 2. The van der Waals surface area contributed by atoms with Gasteiger partial charge >= 0.3 is 0 Å². The molecule has 1 unspecified atom stereocenters. The van der Waals surface area contributed by atoms with Crippen molar-refractivity contribution in [1.82, 2.24) is 0 Å². The summed E-state index contributed by atoms with van der Waals surface area (Å²) in [7, 11) is 0. The van der Waals surface area contributed by atoms with Crippen LogP contribution >= 0.6 is 22.9 Å². The Hall–Kier alpha value is -0.830. The van der Waals surface area contributed by atoms with Crippen LogP contribution in [0.15, 0.2) is 29.6 Å². The zero-order valence-corrected chi connectivity index (χ0v) is 10.9. The van der Waals surface area contributed by atoms with E-state index >= 15 is 0 Å². The fourth-order valence-electron chi connectivity index (χ4n) is 1.71. The van der Waals surface area contributed by atoms with Crippen molar-refractivity contribution >= 4 is 22.9 Å². The van der Waals surface area contributed by atoms with Gasteiger partial charge in [0.2, 0.25) is 0 Å². The summed E-state index contributed by atoms with van der Waals surface area (Å²) in [6.45, 7) is 4.05. The molecule has 1 atom stereocenters. The first-order valence-electron chi connectivity index (χ1n) is 5.19. The number of benzene rings is 1. The van der Waals surface area contributed by atoms with Crippen LogP contribution in [0.5, 0.6) is 0 Å². The molecule has 0 aliphatic heterocycles. The third kappa shape index (κ3) is 2.14. The number of halogens is 1. The average Bonchev–Trinajstić information content (AvgIpc) is 2.63. The number of rotatable bonds is 2. The van der Waals surface area contributed by atoms with Crippen LogP contribution in [0.4, 0.5) is 0 Å². The van der Waals surface area contributed by atoms with Crippen LogP contribution < -0.4 is 5.73 Å². The van der Waals surface area contributed by atoms with Crippen LogP contribution in [0.1, 0.15) is 24.1 Å². The van der Waals surface area contributed by atoms with Crippen LogP contribution in [0.2, 0.25) is 5.02 Å². The molecule has 0 spiro atoms. The Bertz CT molecular complexity index is 502. The van der Waals surface area contributed by atoms with Gasteiger partial charge < -0.3 is 5.73 Å². The van der Waals surface area contributed by atoms with Gasteiger partial charge in [-0.3, -0.25) is 0 Å². The van der Waals surface area contributed by atoms with Gasteiger partial charge in [-0.05, 0) is 48.1 Å². The fourth-order valence-corrected chi connectivity index (χ4v) is 2.98. The first kappa shape index (κ1) is 11.6. The van der Waals surface area contributed by atoms with E-state index in [2.05, 4.69) is 24.4 Å². The summed E-state index contributed by atoms with van der Waals surface area (Å²) < 4.78 is 0. The third-order valence-corrected chi connectivity index (χ3v) is 4.01. The third-order valence-electron chi connectivity index (χ3n) is 2.62. The van der Waals surface area contributed by atoms with Gasteiger partial charge in [-0.25, -0.2) is 0 Å². The second-order valence-corrected chi connectivity index (χ2v) is 5.28. The topological polar surface area (TPSA) is 26.0 Å². The molecule has 84 valence electrons. The maximum atomic E-state index is 6.22. The highest BCUT2D eigenvalue weighted by molar-refractivity contribution is 7.13. The molecule has 0 saturated carbocycles. The van der Waals surface area contributed by atoms with Crippen molar-refractivity contribution in [2.45, 2.75) is 19.9 Å². The lowest BCUT2D eigenvalue weighted by molar-refractivity contribution is 0.819. The lowest BCUT2D eigenvalue weighted by atomic mass is 10.0. The minimum Gasteiger partial charge on any atom is -0.324 e. The molecule has 16 heavy (non-hydrogen) atoms. The highest BCUT2D eigenvalue weighted by atomic mass is 35.5. The average molecular weight is 252 g/mol. The van der Waals surface area contributed by atoms with Gasteiger partial charge in [0, 0.05) is 15.9 Å². The molecule has 0 bridgehead atoms. The Kier molecular flexibility index (Phi) is 3.33. The normalized spacial score (nSPS) is 12.8. The largest absolute Gasteiger partial charge is 0.324 e. The Morgan fingerprint density at radius 3 is 2.56 bits per heavy atom. The van der Waals surface area contributed by atoms with Gasteiger partial charge in [0.25, 0.3) is 0 Å². The molecule has 2 N–H and O–H groups in total. The van der Waals surface area contributed by atoms with E-state index in [1.807, 2.05) is 19.1 Å². The van der Waals surface area contributed by atoms with Crippen molar-refractivity contribution in [1.29, 1.82) is 0 Å². The van der Waals surface area contributed by atoms with Crippen molar-refractivity contribution in [3.63, 3.8) is 0 Å². The molecule has 0 fully saturated rings. The Labute approximate surface area is 105 Å². The molecule has 1 heterocycles. The molecule has 2 rings (SSSR count). The standard InChI is InChI=1S/C13H14ClNS/c1-8-5-6-16-13(8)10-3-4-11(9(2)15)12(14)7-10/h3-7,9H,15H2,1-2H3. The number of hydrogen-bond donors (Lipinski definition) is 1. The fraction of sp³-hybridized carbons (Fsp3) is 0.231. The van der Waals surface area contributed by atoms with Crippen LogP contribution in [-0.4, -0.2) is 0 Å². The van der Waals surface area contributed by atoms with Crippen LogP contribution in [0, 0.1) is 6.92 Å². The van der Waals surface area contributed by atoms with E-state index < -0.39 is 0 Å². The van der Waals surface area contributed by atoms with Gasteiger partial charge in [0.05, 0.1) is 0 Å². The Morgan fingerprint density at radius 1 is 1.31 bits per heavy atom. The van der Waals surface area contributed by atoms with Crippen molar-refractivity contribution in [3.8, 4) is 10.4 Å². The molecular weight excluding hydrogens is 238 g/mol. The second-order valence-electron chi connectivity index (χ2n) is 3.96. The second kappa shape index (κ2) is 4.58. The van der Waals surface area contributed by atoms with Crippen LogP contribution in [0.3, 0.4) is 0 Å². The first-order chi connectivity index (χ1) is 7.59. The SMILES string of the molecule is Cc1ccsc1-c1ccc(C(C)N)c(Cl)c1. The zero-order chi connectivity index (χ0) is 11.7.